The first-order valence-corrected chi connectivity index (χ1v) is 9.73. The van der Waals surface area contributed by atoms with E-state index in [4.69, 9.17) is 9.72 Å². The Kier molecular flexibility index (Phi) is 5.41. The Bertz CT molecular complexity index is 1010. The Labute approximate surface area is 168 Å². The van der Waals surface area contributed by atoms with Gasteiger partial charge in [-0.05, 0) is 31.2 Å². The van der Waals surface area contributed by atoms with Crippen molar-refractivity contribution >= 4 is 23.0 Å². The van der Waals surface area contributed by atoms with Crippen LogP contribution in [0.3, 0.4) is 0 Å². The maximum atomic E-state index is 13.0. The Balaban J connectivity index is 1.54. The van der Waals surface area contributed by atoms with Crippen molar-refractivity contribution in [2.75, 3.05) is 32.8 Å². The van der Waals surface area contributed by atoms with E-state index in [0.29, 0.717) is 38.6 Å². The molecule has 1 aliphatic rings. The van der Waals surface area contributed by atoms with Crippen LogP contribution in [0.15, 0.2) is 48.7 Å². The highest BCUT2D eigenvalue weighted by molar-refractivity contribution is 5.84. The highest BCUT2D eigenvalue weighted by atomic mass is 16.6. The number of carbonyl (C=O) groups is 2. The summed E-state index contributed by atoms with van der Waals surface area (Å²) in [7, 11) is 0. The number of ether oxygens (including phenoxy) is 1. The molecule has 1 aromatic carbocycles. The third-order valence-electron chi connectivity index (χ3n) is 5.00. The molecule has 1 saturated heterocycles. The normalized spacial score (nSPS) is 14.2. The van der Waals surface area contributed by atoms with Gasteiger partial charge in [-0.1, -0.05) is 18.2 Å². The zero-order chi connectivity index (χ0) is 20.2. The monoisotopic (exact) mass is 393 g/mol. The molecule has 0 saturated carbocycles. The number of imidazole rings is 1. The van der Waals surface area contributed by atoms with Crippen LogP contribution < -0.4 is 0 Å². The molecule has 0 atom stereocenters. The fourth-order valence-electron chi connectivity index (χ4n) is 3.51. The van der Waals surface area contributed by atoms with Crippen molar-refractivity contribution in [1.29, 1.82) is 0 Å². The van der Waals surface area contributed by atoms with E-state index in [0.717, 1.165) is 16.7 Å². The topological polar surface area (TPSA) is 80.6 Å². The van der Waals surface area contributed by atoms with E-state index in [2.05, 4.69) is 4.98 Å². The maximum Gasteiger partial charge on any atom is 0.409 e. The Morgan fingerprint density at radius 2 is 1.72 bits per heavy atom. The largest absolute Gasteiger partial charge is 0.450 e. The molecule has 2 amide bonds. The van der Waals surface area contributed by atoms with Crippen LogP contribution in [0.5, 0.6) is 0 Å². The highest BCUT2D eigenvalue weighted by Gasteiger charge is 2.26. The van der Waals surface area contributed by atoms with Crippen LogP contribution in [0.4, 0.5) is 4.79 Å². The van der Waals surface area contributed by atoms with Gasteiger partial charge in [-0.3, -0.25) is 9.78 Å². The summed E-state index contributed by atoms with van der Waals surface area (Å²) < 4.78 is 6.95. The van der Waals surface area contributed by atoms with Crippen molar-refractivity contribution in [3.05, 3.63) is 48.7 Å². The number of hydrogen-bond donors (Lipinski definition) is 0. The van der Waals surface area contributed by atoms with Gasteiger partial charge in [-0.25, -0.2) is 9.78 Å². The predicted molar refractivity (Wildman–Crippen MR) is 108 cm³/mol. The molecule has 2 aromatic heterocycles. The lowest BCUT2D eigenvalue weighted by Crippen LogP contribution is -2.51. The van der Waals surface area contributed by atoms with E-state index in [1.165, 1.54) is 0 Å². The zero-order valence-electron chi connectivity index (χ0n) is 16.3. The molecule has 150 valence electrons. The number of fused-ring (bicyclic) bond motifs is 1. The van der Waals surface area contributed by atoms with Crippen molar-refractivity contribution in [1.82, 2.24) is 24.3 Å². The van der Waals surface area contributed by atoms with Gasteiger partial charge in [0.25, 0.3) is 0 Å². The van der Waals surface area contributed by atoms with Gasteiger partial charge in [0, 0.05) is 32.4 Å². The lowest BCUT2D eigenvalue weighted by Gasteiger charge is -2.34. The minimum absolute atomic E-state index is 0.00570. The predicted octanol–water partition coefficient (Wildman–Crippen LogP) is 2.40. The molecule has 1 aliphatic heterocycles. The SMILES string of the molecule is CCOC(=O)N1CCN(C(=O)Cn2c(-c3ccccn3)nc3ccccc32)CC1. The molecule has 1 fully saturated rings. The minimum Gasteiger partial charge on any atom is -0.450 e. The maximum absolute atomic E-state index is 13.0. The number of aromatic nitrogens is 3. The molecule has 8 nitrogen and oxygen atoms in total. The summed E-state index contributed by atoms with van der Waals surface area (Å²) in [5, 5.41) is 0. The van der Waals surface area contributed by atoms with Gasteiger partial charge in [0.2, 0.25) is 5.91 Å². The van der Waals surface area contributed by atoms with Crippen LogP contribution in [0.1, 0.15) is 6.92 Å². The van der Waals surface area contributed by atoms with Crippen molar-refractivity contribution < 1.29 is 14.3 Å². The molecule has 4 rings (SSSR count). The number of pyridine rings is 1. The van der Waals surface area contributed by atoms with Crippen molar-refractivity contribution in [2.24, 2.45) is 0 Å². The lowest BCUT2D eigenvalue weighted by molar-refractivity contribution is -0.133. The van der Waals surface area contributed by atoms with Crippen LogP contribution in [-0.2, 0) is 16.1 Å². The lowest BCUT2D eigenvalue weighted by atomic mass is 10.3. The summed E-state index contributed by atoms with van der Waals surface area (Å²) in [4.78, 5) is 37.4. The van der Waals surface area contributed by atoms with Gasteiger partial charge in [0.05, 0.1) is 17.6 Å². The number of hydrogen-bond acceptors (Lipinski definition) is 5. The van der Waals surface area contributed by atoms with Crippen LogP contribution in [0.2, 0.25) is 0 Å². The average Bonchev–Trinajstić information content (AvgIpc) is 3.13. The molecule has 0 spiro atoms. The molecule has 0 unspecified atom stereocenters. The van der Waals surface area contributed by atoms with Gasteiger partial charge in [-0.2, -0.15) is 0 Å². The summed E-state index contributed by atoms with van der Waals surface area (Å²) in [6.07, 6.45) is 1.40. The molecule has 0 aliphatic carbocycles. The van der Waals surface area contributed by atoms with Crippen LogP contribution in [0.25, 0.3) is 22.6 Å². The van der Waals surface area contributed by atoms with Gasteiger partial charge in [0.15, 0.2) is 5.82 Å². The summed E-state index contributed by atoms with van der Waals surface area (Å²) in [6.45, 7) is 4.23. The third kappa shape index (κ3) is 3.91. The number of para-hydroxylation sites is 2. The van der Waals surface area contributed by atoms with Gasteiger partial charge < -0.3 is 19.1 Å². The second kappa shape index (κ2) is 8.30. The Morgan fingerprint density at radius 1 is 1.00 bits per heavy atom. The summed E-state index contributed by atoms with van der Waals surface area (Å²) in [5.41, 5.74) is 2.45. The molecule has 0 N–H and O–H groups in total. The Hall–Kier alpha value is -3.42. The highest BCUT2D eigenvalue weighted by Crippen LogP contribution is 2.23. The van der Waals surface area contributed by atoms with E-state index in [1.807, 2.05) is 47.0 Å². The van der Waals surface area contributed by atoms with E-state index in [9.17, 15) is 9.59 Å². The quantitative estimate of drug-likeness (QED) is 0.680. The summed E-state index contributed by atoms with van der Waals surface area (Å²) in [6, 6.07) is 13.4. The number of piperazine rings is 1. The smallest absolute Gasteiger partial charge is 0.409 e. The first-order valence-electron chi connectivity index (χ1n) is 9.73. The summed E-state index contributed by atoms with van der Waals surface area (Å²) >= 11 is 0. The van der Waals surface area contributed by atoms with Crippen molar-refractivity contribution in [2.45, 2.75) is 13.5 Å². The number of amides is 2. The molecular formula is C21H23N5O3. The molecule has 0 bridgehead atoms. The summed E-state index contributed by atoms with van der Waals surface area (Å²) in [5.74, 6) is 0.666. The van der Waals surface area contributed by atoms with Gasteiger partial charge >= 0.3 is 6.09 Å². The van der Waals surface area contributed by atoms with Crippen molar-refractivity contribution in [3.8, 4) is 11.5 Å². The Morgan fingerprint density at radius 3 is 2.45 bits per heavy atom. The first-order chi connectivity index (χ1) is 14.2. The number of nitrogens with zero attached hydrogens (tertiary/aromatic N) is 5. The number of benzene rings is 1. The van der Waals surface area contributed by atoms with E-state index < -0.39 is 0 Å². The zero-order valence-corrected chi connectivity index (χ0v) is 16.3. The fraction of sp³-hybridized carbons (Fsp3) is 0.333. The second-order valence-electron chi connectivity index (χ2n) is 6.79. The van der Waals surface area contributed by atoms with Crippen LogP contribution in [-0.4, -0.2) is 69.1 Å². The van der Waals surface area contributed by atoms with E-state index in [-0.39, 0.29) is 18.5 Å². The molecule has 8 heteroatoms. The number of carbonyl (C=O) groups excluding carboxylic acids is 2. The van der Waals surface area contributed by atoms with Crippen molar-refractivity contribution in [3.63, 3.8) is 0 Å². The molecule has 0 radical (unpaired) electrons. The first kappa shape index (κ1) is 18.9. The van der Waals surface area contributed by atoms with Crippen LogP contribution >= 0.6 is 0 Å². The fourth-order valence-corrected chi connectivity index (χ4v) is 3.51. The van der Waals surface area contributed by atoms with E-state index in [1.54, 1.807) is 22.9 Å². The molecule has 29 heavy (non-hydrogen) atoms. The van der Waals surface area contributed by atoms with Crippen LogP contribution in [0, 0.1) is 0 Å². The van der Waals surface area contributed by atoms with Gasteiger partial charge in [-0.15, -0.1) is 0 Å². The van der Waals surface area contributed by atoms with Gasteiger partial charge in [0.1, 0.15) is 12.2 Å². The average molecular weight is 393 g/mol. The number of rotatable bonds is 4. The second-order valence-corrected chi connectivity index (χ2v) is 6.79. The molecular weight excluding hydrogens is 370 g/mol. The third-order valence-corrected chi connectivity index (χ3v) is 5.00. The standard InChI is InChI=1S/C21H23N5O3/c1-2-29-21(28)25-13-11-24(12-14-25)19(27)15-26-18-9-4-3-7-16(18)23-20(26)17-8-5-6-10-22-17/h3-10H,2,11-15H2,1H3. The van der Waals surface area contributed by atoms with E-state index >= 15 is 0 Å². The minimum atomic E-state index is -0.322. The molecule has 3 aromatic rings. The molecule has 3 heterocycles.